The van der Waals surface area contributed by atoms with Gasteiger partial charge >= 0.3 is 0 Å². The van der Waals surface area contributed by atoms with Gasteiger partial charge in [-0.15, -0.1) is 24.8 Å². The summed E-state index contributed by atoms with van der Waals surface area (Å²) in [4.78, 5) is 17.4. The Morgan fingerprint density at radius 2 is 1.86 bits per heavy atom. The fraction of sp³-hybridized carbons (Fsp3) is 0.789. The van der Waals surface area contributed by atoms with E-state index < -0.39 is 5.54 Å². The Hall–Kier alpha value is -0.860. The van der Waals surface area contributed by atoms with Gasteiger partial charge in [-0.2, -0.15) is 0 Å². The van der Waals surface area contributed by atoms with Crippen molar-refractivity contribution >= 4 is 30.7 Å². The fourth-order valence-electron chi connectivity index (χ4n) is 4.14. The number of nitrogens with two attached hydrogens (primary N) is 1. The number of hydrogen-bond donors (Lipinski definition) is 1. The average Bonchev–Trinajstić information content (AvgIpc) is 2.93. The largest absolute Gasteiger partial charge is 0.378 e. The first-order chi connectivity index (χ1) is 12.2. The monoisotopic (exact) mass is 436 g/mol. The van der Waals surface area contributed by atoms with Gasteiger partial charge in [0.1, 0.15) is 11.3 Å². The summed E-state index contributed by atoms with van der Waals surface area (Å²) in [5.41, 5.74) is 7.49. The summed E-state index contributed by atoms with van der Waals surface area (Å²) in [6.45, 7) is 14.5. The Labute approximate surface area is 180 Å². The maximum absolute atomic E-state index is 13.1. The SMILES string of the molecule is CCOC1CC(N)(C(=O)N2CCN(Cc3c(C)noc3C)CC2)C1(C)C.Cl.Cl. The van der Waals surface area contributed by atoms with Gasteiger partial charge in [-0.3, -0.25) is 9.69 Å². The highest BCUT2D eigenvalue weighted by molar-refractivity contribution is 5.89. The molecule has 2 N–H and O–H groups in total. The van der Waals surface area contributed by atoms with Gasteiger partial charge in [-0.05, 0) is 20.8 Å². The minimum atomic E-state index is -0.823. The molecular weight excluding hydrogens is 403 g/mol. The second-order valence-electron chi connectivity index (χ2n) is 8.21. The van der Waals surface area contributed by atoms with E-state index in [1.807, 2.05) is 39.5 Å². The highest BCUT2D eigenvalue weighted by Crippen LogP contribution is 2.50. The van der Waals surface area contributed by atoms with E-state index in [1.165, 1.54) is 0 Å². The van der Waals surface area contributed by atoms with E-state index in [4.69, 9.17) is 15.0 Å². The predicted molar refractivity (Wildman–Crippen MR) is 113 cm³/mol. The van der Waals surface area contributed by atoms with E-state index >= 15 is 0 Å². The molecule has 0 spiro atoms. The van der Waals surface area contributed by atoms with Crippen LogP contribution in [0.3, 0.4) is 0 Å². The molecule has 2 fully saturated rings. The summed E-state index contributed by atoms with van der Waals surface area (Å²) >= 11 is 0. The number of halogens is 2. The van der Waals surface area contributed by atoms with Gasteiger partial charge in [-0.1, -0.05) is 19.0 Å². The predicted octanol–water partition coefficient (Wildman–Crippen LogP) is 2.31. The van der Waals surface area contributed by atoms with Gasteiger partial charge in [0.05, 0.1) is 11.8 Å². The van der Waals surface area contributed by atoms with Crippen molar-refractivity contribution in [2.24, 2.45) is 11.1 Å². The van der Waals surface area contributed by atoms with E-state index in [-0.39, 0.29) is 42.2 Å². The molecule has 1 aromatic heterocycles. The van der Waals surface area contributed by atoms with Crippen LogP contribution in [0, 0.1) is 19.3 Å². The van der Waals surface area contributed by atoms with Crippen LogP contribution in [-0.2, 0) is 16.1 Å². The van der Waals surface area contributed by atoms with Gasteiger partial charge in [-0.25, -0.2) is 0 Å². The number of carbonyl (C=O) groups is 1. The van der Waals surface area contributed by atoms with Crippen LogP contribution in [-0.4, -0.2) is 65.3 Å². The molecule has 28 heavy (non-hydrogen) atoms. The first-order valence-electron chi connectivity index (χ1n) is 9.54. The number of amides is 1. The molecule has 1 aliphatic carbocycles. The molecule has 0 radical (unpaired) electrons. The first-order valence-corrected chi connectivity index (χ1v) is 9.54. The van der Waals surface area contributed by atoms with Gasteiger partial charge < -0.3 is 19.9 Å². The van der Waals surface area contributed by atoms with Crippen molar-refractivity contribution < 1.29 is 14.1 Å². The lowest BCUT2D eigenvalue weighted by Gasteiger charge is -2.59. The quantitative estimate of drug-likeness (QED) is 0.761. The molecule has 1 aromatic rings. The zero-order valence-corrected chi connectivity index (χ0v) is 19.1. The average molecular weight is 437 g/mol. The second kappa shape index (κ2) is 9.30. The zero-order valence-electron chi connectivity index (χ0n) is 17.5. The maximum atomic E-state index is 13.1. The lowest BCUT2D eigenvalue weighted by Crippen LogP contribution is -2.76. The van der Waals surface area contributed by atoms with Crippen molar-refractivity contribution in [1.82, 2.24) is 15.0 Å². The highest BCUT2D eigenvalue weighted by Gasteiger charge is 2.63. The zero-order chi connectivity index (χ0) is 19.1. The van der Waals surface area contributed by atoms with Crippen LogP contribution in [0.15, 0.2) is 4.52 Å². The molecule has 1 aliphatic heterocycles. The van der Waals surface area contributed by atoms with Crippen molar-refractivity contribution in [2.75, 3.05) is 32.8 Å². The Kier molecular flexibility index (Phi) is 8.37. The van der Waals surface area contributed by atoms with E-state index in [9.17, 15) is 4.79 Å². The van der Waals surface area contributed by atoms with Gasteiger partial charge in [0.25, 0.3) is 0 Å². The molecule has 2 unspecified atom stereocenters. The molecule has 7 nitrogen and oxygen atoms in total. The number of aromatic nitrogens is 1. The first kappa shape index (κ1) is 25.2. The summed E-state index contributed by atoms with van der Waals surface area (Å²) < 4.78 is 11.0. The van der Waals surface area contributed by atoms with Crippen LogP contribution < -0.4 is 5.73 Å². The summed E-state index contributed by atoms with van der Waals surface area (Å²) in [6, 6.07) is 0. The summed E-state index contributed by atoms with van der Waals surface area (Å²) in [5, 5.41) is 4.02. The van der Waals surface area contributed by atoms with Gasteiger partial charge in [0.2, 0.25) is 5.91 Å². The number of rotatable bonds is 5. The smallest absolute Gasteiger partial charge is 0.243 e. The van der Waals surface area contributed by atoms with E-state index in [2.05, 4.69) is 10.1 Å². The fourth-order valence-corrected chi connectivity index (χ4v) is 4.14. The normalized spacial score (nSPS) is 26.8. The third kappa shape index (κ3) is 4.19. The Bertz CT molecular complexity index is 655. The van der Waals surface area contributed by atoms with Crippen molar-refractivity contribution in [3.05, 3.63) is 17.0 Å². The van der Waals surface area contributed by atoms with Crippen molar-refractivity contribution in [1.29, 1.82) is 0 Å². The van der Waals surface area contributed by atoms with Crippen LogP contribution in [0.25, 0.3) is 0 Å². The third-order valence-electron chi connectivity index (χ3n) is 6.43. The summed E-state index contributed by atoms with van der Waals surface area (Å²) in [5.74, 6) is 0.940. The van der Waals surface area contributed by atoms with E-state index in [1.54, 1.807) is 0 Å². The minimum Gasteiger partial charge on any atom is -0.378 e. The third-order valence-corrected chi connectivity index (χ3v) is 6.43. The molecule has 9 heteroatoms. The van der Waals surface area contributed by atoms with Gasteiger partial charge in [0.15, 0.2) is 0 Å². The van der Waals surface area contributed by atoms with Gasteiger partial charge in [0, 0.05) is 56.7 Å². The van der Waals surface area contributed by atoms with Crippen molar-refractivity contribution in [2.45, 2.75) is 59.2 Å². The molecule has 2 atom stereocenters. The molecule has 0 aromatic carbocycles. The van der Waals surface area contributed by atoms with Crippen molar-refractivity contribution in [3.8, 4) is 0 Å². The number of hydrogen-bond acceptors (Lipinski definition) is 6. The van der Waals surface area contributed by atoms with E-state index in [0.29, 0.717) is 26.1 Å². The molecule has 1 amide bonds. The lowest BCUT2D eigenvalue weighted by molar-refractivity contribution is -0.180. The minimum absolute atomic E-state index is 0. The number of carbonyl (C=O) groups excluding carboxylic acids is 1. The molecule has 0 bridgehead atoms. The number of piperazine rings is 1. The number of ether oxygens (including phenoxy) is 1. The van der Waals surface area contributed by atoms with E-state index in [0.717, 1.165) is 36.7 Å². The van der Waals surface area contributed by atoms with Crippen LogP contribution in [0.4, 0.5) is 0 Å². The molecule has 1 saturated heterocycles. The topological polar surface area (TPSA) is 84.8 Å². The van der Waals surface area contributed by atoms with Crippen molar-refractivity contribution in [3.63, 3.8) is 0 Å². The molecular formula is C19H34Cl2N4O3. The Morgan fingerprint density at radius 1 is 1.25 bits per heavy atom. The van der Waals surface area contributed by atoms with Crippen LogP contribution >= 0.6 is 24.8 Å². The number of nitrogens with zero attached hydrogens (tertiary/aromatic N) is 3. The molecule has 2 heterocycles. The second-order valence-corrected chi connectivity index (χ2v) is 8.21. The Balaban J connectivity index is 0.00000196. The maximum Gasteiger partial charge on any atom is 0.243 e. The molecule has 3 rings (SSSR count). The summed E-state index contributed by atoms with van der Waals surface area (Å²) in [7, 11) is 0. The van der Waals surface area contributed by atoms with Crippen LogP contribution in [0.5, 0.6) is 0 Å². The van der Waals surface area contributed by atoms with Crippen LogP contribution in [0.1, 0.15) is 44.2 Å². The highest BCUT2D eigenvalue weighted by atomic mass is 35.5. The standard InChI is InChI=1S/C19H32N4O3.2ClH/c1-6-25-16-11-19(20,18(16,4)5)17(24)23-9-7-22(8-10-23)12-15-13(2)21-26-14(15)3;;/h16H,6-12,20H2,1-5H3;2*1H. The Morgan fingerprint density at radius 3 is 2.32 bits per heavy atom. The molecule has 1 saturated carbocycles. The lowest BCUT2D eigenvalue weighted by atomic mass is 9.54. The molecule has 162 valence electrons. The number of aryl methyl sites for hydroxylation is 2. The van der Waals surface area contributed by atoms with Crippen LogP contribution in [0.2, 0.25) is 0 Å². The summed E-state index contributed by atoms with van der Waals surface area (Å²) in [6.07, 6.45) is 0.661. The molecule has 2 aliphatic rings.